The Morgan fingerprint density at radius 1 is 1.57 bits per heavy atom. The monoisotopic (exact) mass is 294 g/mol. The summed E-state index contributed by atoms with van der Waals surface area (Å²) >= 11 is 0. The second-order valence-corrected chi connectivity index (χ2v) is 5.79. The summed E-state index contributed by atoms with van der Waals surface area (Å²) in [4.78, 5) is 27.3. The molecule has 0 spiro atoms. The van der Waals surface area contributed by atoms with E-state index in [2.05, 4.69) is 10.3 Å². The van der Waals surface area contributed by atoms with Gasteiger partial charge in [-0.25, -0.2) is 0 Å². The standard InChI is InChI=1S/C14H22N4O3/c1-10(2)17(9-11-4-3-5-15-7-11)14(19)13-6-12(8-16-13)18(20)21/h6,8,10-11,15-16H,3-5,7,9H2,1-2H3. The quantitative estimate of drug-likeness (QED) is 0.639. The van der Waals surface area contributed by atoms with Gasteiger partial charge >= 0.3 is 0 Å². The zero-order valence-electron chi connectivity index (χ0n) is 12.5. The number of H-pyrrole nitrogens is 1. The summed E-state index contributed by atoms with van der Waals surface area (Å²) < 4.78 is 0. The van der Waals surface area contributed by atoms with Gasteiger partial charge in [0.05, 0.1) is 11.1 Å². The van der Waals surface area contributed by atoms with Crippen molar-refractivity contribution >= 4 is 11.6 Å². The third-order valence-electron chi connectivity index (χ3n) is 3.85. The summed E-state index contributed by atoms with van der Waals surface area (Å²) in [5.74, 6) is 0.263. The highest BCUT2D eigenvalue weighted by Gasteiger charge is 2.25. The minimum Gasteiger partial charge on any atom is -0.351 e. The molecule has 21 heavy (non-hydrogen) atoms. The fraction of sp³-hybridized carbons (Fsp3) is 0.643. The molecule has 1 unspecified atom stereocenters. The topological polar surface area (TPSA) is 91.3 Å². The van der Waals surface area contributed by atoms with E-state index in [9.17, 15) is 14.9 Å². The lowest BCUT2D eigenvalue weighted by molar-refractivity contribution is -0.384. The highest BCUT2D eigenvalue weighted by atomic mass is 16.6. The molecule has 0 bridgehead atoms. The number of rotatable bonds is 5. The molecule has 0 radical (unpaired) electrons. The van der Waals surface area contributed by atoms with Crippen LogP contribution in [0.1, 0.15) is 37.2 Å². The maximum Gasteiger partial charge on any atom is 0.287 e. The molecule has 1 aliphatic rings. The number of aromatic nitrogens is 1. The molecule has 1 saturated heterocycles. The number of hydrogen-bond acceptors (Lipinski definition) is 4. The average Bonchev–Trinajstić information content (AvgIpc) is 2.95. The zero-order valence-corrected chi connectivity index (χ0v) is 12.5. The SMILES string of the molecule is CC(C)N(CC1CCCNC1)C(=O)c1cc([N+](=O)[O-])c[nH]1. The van der Waals surface area contributed by atoms with Crippen LogP contribution >= 0.6 is 0 Å². The van der Waals surface area contributed by atoms with E-state index in [1.165, 1.54) is 12.3 Å². The van der Waals surface area contributed by atoms with Crippen molar-refractivity contribution in [1.29, 1.82) is 0 Å². The molecule has 2 N–H and O–H groups in total. The molecular formula is C14H22N4O3. The van der Waals surface area contributed by atoms with E-state index in [0.717, 1.165) is 25.9 Å². The van der Waals surface area contributed by atoms with Crippen LogP contribution in [0.15, 0.2) is 12.3 Å². The Morgan fingerprint density at radius 2 is 2.33 bits per heavy atom. The van der Waals surface area contributed by atoms with Crippen LogP contribution < -0.4 is 5.32 Å². The van der Waals surface area contributed by atoms with Gasteiger partial charge in [0.25, 0.3) is 11.6 Å². The van der Waals surface area contributed by atoms with Gasteiger partial charge in [0, 0.05) is 18.7 Å². The van der Waals surface area contributed by atoms with E-state index in [4.69, 9.17) is 0 Å². The van der Waals surface area contributed by atoms with E-state index < -0.39 is 4.92 Å². The number of carbonyl (C=O) groups is 1. The van der Waals surface area contributed by atoms with Crippen molar-refractivity contribution in [3.05, 3.63) is 28.1 Å². The van der Waals surface area contributed by atoms with Gasteiger partial charge < -0.3 is 15.2 Å². The van der Waals surface area contributed by atoms with Crippen LogP contribution in [0.5, 0.6) is 0 Å². The van der Waals surface area contributed by atoms with Crippen LogP contribution in [0.3, 0.4) is 0 Å². The van der Waals surface area contributed by atoms with Gasteiger partial charge in [-0.15, -0.1) is 0 Å². The normalized spacial score (nSPS) is 18.7. The van der Waals surface area contributed by atoms with Crippen molar-refractivity contribution in [1.82, 2.24) is 15.2 Å². The maximum atomic E-state index is 12.5. The van der Waals surface area contributed by atoms with Gasteiger partial charge in [0.2, 0.25) is 0 Å². The minimum absolute atomic E-state index is 0.0572. The Bertz CT molecular complexity index is 506. The first-order chi connectivity index (χ1) is 9.99. The van der Waals surface area contributed by atoms with Crippen LogP contribution in [-0.4, -0.2) is 46.4 Å². The minimum atomic E-state index is -0.502. The summed E-state index contributed by atoms with van der Waals surface area (Å²) in [6.45, 7) is 6.56. The Kier molecular flexibility index (Phi) is 4.95. The van der Waals surface area contributed by atoms with Crippen molar-refractivity contribution in [3.8, 4) is 0 Å². The highest BCUT2D eigenvalue weighted by molar-refractivity contribution is 5.93. The fourth-order valence-corrected chi connectivity index (χ4v) is 2.65. The van der Waals surface area contributed by atoms with Crippen LogP contribution in [0.2, 0.25) is 0 Å². The molecule has 116 valence electrons. The van der Waals surface area contributed by atoms with Crippen molar-refractivity contribution in [3.63, 3.8) is 0 Å². The van der Waals surface area contributed by atoms with Gasteiger partial charge in [-0.05, 0) is 45.7 Å². The number of piperidine rings is 1. The third-order valence-corrected chi connectivity index (χ3v) is 3.85. The van der Waals surface area contributed by atoms with Crippen molar-refractivity contribution in [2.24, 2.45) is 5.92 Å². The van der Waals surface area contributed by atoms with E-state index in [-0.39, 0.29) is 23.3 Å². The number of nitrogens with one attached hydrogen (secondary N) is 2. The molecule has 0 aromatic carbocycles. The molecule has 2 heterocycles. The predicted octanol–water partition coefficient (Wildman–Crippen LogP) is 1.77. The Balaban J connectivity index is 2.08. The highest BCUT2D eigenvalue weighted by Crippen LogP contribution is 2.18. The lowest BCUT2D eigenvalue weighted by Gasteiger charge is -2.32. The van der Waals surface area contributed by atoms with Crippen LogP contribution in [0.25, 0.3) is 0 Å². The molecule has 0 saturated carbocycles. The molecule has 1 atom stereocenters. The first-order valence-electron chi connectivity index (χ1n) is 7.33. The largest absolute Gasteiger partial charge is 0.351 e. The first-order valence-corrected chi connectivity index (χ1v) is 7.33. The molecule has 1 aliphatic heterocycles. The van der Waals surface area contributed by atoms with Crippen molar-refractivity contribution in [2.75, 3.05) is 19.6 Å². The number of aromatic amines is 1. The molecule has 1 aromatic rings. The average molecular weight is 294 g/mol. The van der Waals surface area contributed by atoms with Gasteiger partial charge in [0.1, 0.15) is 5.69 Å². The Hall–Kier alpha value is -1.89. The second kappa shape index (κ2) is 6.71. The predicted molar refractivity (Wildman–Crippen MR) is 79.2 cm³/mol. The zero-order chi connectivity index (χ0) is 15.4. The molecule has 2 rings (SSSR count). The van der Waals surface area contributed by atoms with Gasteiger partial charge in [-0.2, -0.15) is 0 Å². The van der Waals surface area contributed by atoms with Crippen molar-refractivity contribution < 1.29 is 9.72 Å². The molecule has 1 fully saturated rings. The summed E-state index contributed by atoms with van der Waals surface area (Å²) in [5, 5.41) is 14.1. The Labute approximate surface area is 123 Å². The Morgan fingerprint density at radius 3 is 2.86 bits per heavy atom. The smallest absolute Gasteiger partial charge is 0.287 e. The molecule has 0 aliphatic carbocycles. The summed E-state index contributed by atoms with van der Waals surface area (Å²) in [6.07, 6.45) is 3.49. The molecular weight excluding hydrogens is 272 g/mol. The van der Waals surface area contributed by atoms with Crippen LogP contribution in [-0.2, 0) is 0 Å². The van der Waals surface area contributed by atoms with Gasteiger partial charge in [0.15, 0.2) is 0 Å². The number of amides is 1. The lowest BCUT2D eigenvalue weighted by Crippen LogP contribution is -2.44. The first kappa shape index (κ1) is 15.5. The van der Waals surface area contributed by atoms with Crippen LogP contribution in [0.4, 0.5) is 5.69 Å². The summed E-state index contributed by atoms with van der Waals surface area (Å²) in [6, 6.07) is 1.36. The van der Waals surface area contributed by atoms with E-state index in [1.54, 1.807) is 4.90 Å². The second-order valence-electron chi connectivity index (χ2n) is 5.79. The summed E-state index contributed by atoms with van der Waals surface area (Å²) in [5.41, 5.74) is 0.195. The number of nitro groups is 1. The van der Waals surface area contributed by atoms with Crippen molar-refractivity contribution in [2.45, 2.75) is 32.7 Å². The molecule has 1 amide bonds. The number of carbonyl (C=O) groups excluding carboxylic acids is 1. The van der Waals surface area contributed by atoms with E-state index in [1.807, 2.05) is 13.8 Å². The molecule has 7 nitrogen and oxygen atoms in total. The van der Waals surface area contributed by atoms with Crippen LogP contribution in [0, 0.1) is 16.0 Å². The maximum absolute atomic E-state index is 12.5. The third kappa shape index (κ3) is 3.81. The lowest BCUT2D eigenvalue weighted by atomic mass is 9.98. The molecule has 1 aromatic heterocycles. The number of nitrogens with zero attached hydrogens (tertiary/aromatic N) is 2. The number of hydrogen-bond donors (Lipinski definition) is 2. The van der Waals surface area contributed by atoms with E-state index >= 15 is 0 Å². The van der Waals surface area contributed by atoms with Gasteiger partial charge in [-0.1, -0.05) is 0 Å². The fourth-order valence-electron chi connectivity index (χ4n) is 2.65. The van der Waals surface area contributed by atoms with Gasteiger partial charge in [-0.3, -0.25) is 14.9 Å². The summed E-state index contributed by atoms with van der Waals surface area (Å²) in [7, 11) is 0. The molecule has 7 heteroatoms. The van der Waals surface area contributed by atoms with E-state index in [0.29, 0.717) is 12.5 Å².